The number of furan rings is 1. The molecule has 0 spiro atoms. The number of benzene rings is 1. The first-order valence-electron chi connectivity index (χ1n) is 7.84. The minimum Gasteiger partial charge on any atom is -0.495 e. The fraction of sp³-hybridized carbons (Fsp3) is 0.158. The zero-order chi connectivity index (χ0) is 17.6. The lowest BCUT2D eigenvalue weighted by Crippen LogP contribution is -2.18. The van der Waals surface area contributed by atoms with Crippen LogP contribution in [0.1, 0.15) is 16.1 Å². The molecular formula is C19H19N3O3. The van der Waals surface area contributed by atoms with Crippen LogP contribution >= 0.6 is 0 Å². The fourth-order valence-electron chi connectivity index (χ4n) is 2.45. The van der Waals surface area contributed by atoms with E-state index in [2.05, 4.69) is 15.6 Å². The lowest BCUT2D eigenvalue weighted by atomic mass is 10.1. The van der Waals surface area contributed by atoms with Gasteiger partial charge in [-0.25, -0.2) is 0 Å². The molecule has 0 atom stereocenters. The number of hydrogen-bond donors (Lipinski definition) is 2. The highest BCUT2D eigenvalue weighted by Crippen LogP contribution is 2.27. The van der Waals surface area contributed by atoms with Gasteiger partial charge in [0.1, 0.15) is 17.3 Å². The zero-order valence-electron chi connectivity index (χ0n) is 14.1. The van der Waals surface area contributed by atoms with E-state index in [9.17, 15) is 4.79 Å². The van der Waals surface area contributed by atoms with Gasteiger partial charge in [-0.1, -0.05) is 0 Å². The Morgan fingerprint density at radius 3 is 2.84 bits per heavy atom. The first-order chi connectivity index (χ1) is 12.2. The summed E-state index contributed by atoms with van der Waals surface area (Å²) in [5, 5.41) is 5.86. The molecule has 1 amide bonds. The topological polar surface area (TPSA) is 76.4 Å². The third kappa shape index (κ3) is 3.80. The molecule has 2 heterocycles. The van der Waals surface area contributed by atoms with E-state index < -0.39 is 0 Å². The lowest BCUT2D eigenvalue weighted by molar-refractivity contribution is 0.0963. The molecule has 0 saturated carbocycles. The fourth-order valence-corrected chi connectivity index (χ4v) is 2.45. The number of pyridine rings is 1. The molecule has 2 aromatic heterocycles. The van der Waals surface area contributed by atoms with Gasteiger partial charge >= 0.3 is 0 Å². The molecule has 6 nitrogen and oxygen atoms in total. The molecule has 3 aromatic rings. The Balaban J connectivity index is 1.75. The van der Waals surface area contributed by atoms with Gasteiger partial charge < -0.3 is 19.8 Å². The van der Waals surface area contributed by atoms with Crippen molar-refractivity contribution >= 4 is 11.6 Å². The molecule has 0 aliphatic rings. The van der Waals surface area contributed by atoms with E-state index in [0.717, 1.165) is 22.8 Å². The van der Waals surface area contributed by atoms with Crippen LogP contribution in [-0.2, 0) is 6.54 Å². The average molecular weight is 337 g/mol. The first kappa shape index (κ1) is 16.6. The van der Waals surface area contributed by atoms with Gasteiger partial charge in [0, 0.05) is 30.6 Å². The number of hydrogen-bond acceptors (Lipinski definition) is 5. The smallest absolute Gasteiger partial charge is 0.251 e. The van der Waals surface area contributed by atoms with Crippen LogP contribution < -0.4 is 15.4 Å². The maximum absolute atomic E-state index is 11.8. The van der Waals surface area contributed by atoms with Crippen molar-refractivity contribution in [3.8, 4) is 17.1 Å². The summed E-state index contributed by atoms with van der Waals surface area (Å²) in [6.07, 6.45) is 3.48. The lowest BCUT2D eigenvalue weighted by Gasteiger charge is -2.12. The molecule has 0 radical (unpaired) electrons. The molecule has 0 unspecified atom stereocenters. The quantitative estimate of drug-likeness (QED) is 0.721. The van der Waals surface area contributed by atoms with Gasteiger partial charge in [-0.3, -0.25) is 9.78 Å². The normalized spacial score (nSPS) is 10.3. The second kappa shape index (κ2) is 7.53. The van der Waals surface area contributed by atoms with E-state index in [1.807, 2.05) is 24.3 Å². The minimum absolute atomic E-state index is 0.150. The van der Waals surface area contributed by atoms with Crippen LogP contribution in [0.5, 0.6) is 5.75 Å². The summed E-state index contributed by atoms with van der Waals surface area (Å²) in [7, 11) is 3.19. The summed E-state index contributed by atoms with van der Waals surface area (Å²) in [4.78, 5) is 15.9. The standard InChI is InChI=1S/C19H19N3O3/c1-20-19(23)13-5-7-18(24-2)16(10-13)22-12-15-6-8-17(25-15)14-4-3-9-21-11-14/h3-11,22H,12H2,1-2H3,(H,20,23). The van der Waals surface area contributed by atoms with Crippen molar-refractivity contribution in [2.45, 2.75) is 6.54 Å². The number of ether oxygens (including phenoxy) is 1. The monoisotopic (exact) mass is 337 g/mol. The van der Waals surface area contributed by atoms with Crippen LogP contribution in [0.25, 0.3) is 11.3 Å². The summed E-state index contributed by atoms with van der Waals surface area (Å²) in [6.45, 7) is 0.466. The van der Waals surface area contributed by atoms with Gasteiger partial charge in [0.2, 0.25) is 0 Å². The summed E-state index contributed by atoms with van der Waals surface area (Å²) in [5.41, 5.74) is 2.21. The first-order valence-corrected chi connectivity index (χ1v) is 7.84. The third-order valence-corrected chi connectivity index (χ3v) is 3.75. The second-order valence-electron chi connectivity index (χ2n) is 5.36. The number of nitrogens with zero attached hydrogens (tertiary/aromatic N) is 1. The van der Waals surface area contributed by atoms with Gasteiger partial charge in [0.25, 0.3) is 5.91 Å². The second-order valence-corrected chi connectivity index (χ2v) is 5.36. The van der Waals surface area contributed by atoms with Crippen LogP contribution in [0.4, 0.5) is 5.69 Å². The Hall–Kier alpha value is -3.28. The van der Waals surface area contributed by atoms with Crippen LogP contribution in [0.3, 0.4) is 0 Å². The van der Waals surface area contributed by atoms with Gasteiger partial charge in [-0.2, -0.15) is 0 Å². The minimum atomic E-state index is -0.150. The summed E-state index contributed by atoms with van der Waals surface area (Å²) in [6, 6.07) is 12.9. The number of carbonyl (C=O) groups excluding carboxylic acids is 1. The summed E-state index contributed by atoms with van der Waals surface area (Å²) < 4.78 is 11.2. The summed E-state index contributed by atoms with van der Waals surface area (Å²) >= 11 is 0. The van der Waals surface area contributed by atoms with Crippen molar-refractivity contribution in [2.75, 3.05) is 19.5 Å². The number of carbonyl (C=O) groups is 1. The van der Waals surface area contributed by atoms with Crippen molar-refractivity contribution < 1.29 is 13.9 Å². The Morgan fingerprint density at radius 2 is 2.12 bits per heavy atom. The maximum atomic E-state index is 11.8. The van der Waals surface area contributed by atoms with E-state index in [4.69, 9.17) is 9.15 Å². The van der Waals surface area contributed by atoms with Crippen molar-refractivity contribution in [3.05, 3.63) is 66.2 Å². The van der Waals surface area contributed by atoms with Crippen molar-refractivity contribution in [3.63, 3.8) is 0 Å². The highest BCUT2D eigenvalue weighted by atomic mass is 16.5. The van der Waals surface area contributed by atoms with Crippen molar-refractivity contribution in [2.24, 2.45) is 0 Å². The largest absolute Gasteiger partial charge is 0.495 e. The molecule has 0 aliphatic carbocycles. The molecule has 1 aromatic carbocycles. The van der Waals surface area contributed by atoms with E-state index in [-0.39, 0.29) is 5.91 Å². The molecule has 0 bridgehead atoms. The van der Waals surface area contributed by atoms with Crippen LogP contribution in [0, 0.1) is 0 Å². The third-order valence-electron chi connectivity index (χ3n) is 3.75. The van der Waals surface area contributed by atoms with Crippen LogP contribution in [-0.4, -0.2) is 25.0 Å². The molecule has 0 aliphatic heterocycles. The van der Waals surface area contributed by atoms with Gasteiger partial charge in [0.15, 0.2) is 0 Å². The number of amides is 1. The number of nitrogens with one attached hydrogen (secondary N) is 2. The Labute approximate surface area is 145 Å². The predicted octanol–water partition coefficient (Wildman–Crippen LogP) is 3.32. The molecule has 0 saturated heterocycles. The van der Waals surface area contributed by atoms with Crippen LogP contribution in [0.15, 0.2) is 59.3 Å². The summed E-state index contributed by atoms with van der Waals surface area (Å²) in [5.74, 6) is 2.04. The molecule has 25 heavy (non-hydrogen) atoms. The van der Waals surface area contributed by atoms with E-state index in [1.54, 1.807) is 44.8 Å². The van der Waals surface area contributed by atoms with Crippen molar-refractivity contribution in [1.82, 2.24) is 10.3 Å². The van der Waals surface area contributed by atoms with Crippen LogP contribution in [0.2, 0.25) is 0 Å². The average Bonchev–Trinajstić information content (AvgIpc) is 3.15. The molecule has 2 N–H and O–H groups in total. The number of anilines is 1. The number of aromatic nitrogens is 1. The molecule has 0 fully saturated rings. The SMILES string of the molecule is CNC(=O)c1ccc(OC)c(NCc2ccc(-c3cccnc3)o2)c1. The van der Waals surface area contributed by atoms with Gasteiger partial charge in [-0.05, 0) is 42.5 Å². The zero-order valence-corrected chi connectivity index (χ0v) is 14.1. The molecule has 128 valence electrons. The highest BCUT2D eigenvalue weighted by Gasteiger charge is 2.10. The van der Waals surface area contributed by atoms with Gasteiger partial charge in [-0.15, -0.1) is 0 Å². The Kier molecular flexibility index (Phi) is 4.99. The number of rotatable bonds is 6. The Morgan fingerprint density at radius 1 is 1.24 bits per heavy atom. The molecular weight excluding hydrogens is 318 g/mol. The Bertz CT molecular complexity index is 859. The van der Waals surface area contributed by atoms with E-state index in [0.29, 0.717) is 17.9 Å². The predicted molar refractivity (Wildman–Crippen MR) is 95.6 cm³/mol. The maximum Gasteiger partial charge on any atom is 0.251 e. The molecule has 6 heteroatoms. The van der Waals surface area contributed by atoms with Crippen molar-refractivity contribution in [1.29, 1.82) is 0 Å². The highest BCUT2D eigenvalue weighted by molar-refractivity contribution is 5.95. The van der Waals surface area contributed by atoms with Gasteiger partial charge in [0.05, 0.1) is 19.3 Å². The molecule has 3 rings (SSSR count). The van der Waals surface area contributed by atoms with E-state index >= 15 is 0 Å². The van der Waals surface area contributed by atoms with E-state index in [1.165, 1.54) is 0 Å². The number of methoxy groups -OCH3 is 1.